The van der Waals surface area contributed by atoms with Crippen LogP contribution in [0.4, 0.5) is 0 Å². The van der Waals surface area contributed by atoms with Gasteiger partial charge in [-0.05, 0) is 41.4 Å². The van der Waals surface area contributed by atoms with E-state index in [4.69, 9.17) is 4.74 Å². The van der Waals surface area contributed by atoms with Gasteiger partial charge in [-0.1, -0.05) is 25.5 Å². The standard InChI is InChI=1S/C13H18OS/c1-3-4-10-15-11-9-12-5-7-13(14-2)8-6-12/h5-9,11H,3-4,10H2,1-2H3. The Bertz CT molecular complexity index is 290. The molecule has 1 aromatic carbocycles. The van der Waals surface area contributed by atoms with Crippen molar-refractivity contribution in [2.24, 2.45) is 0 Å². The van der Waals surface area contributed by atoms with Gasteiger partial charge in [0.25, 0.3) is 0 Å². The molecule has 0 aliphatic rings. The van der Waals surface area contributed by atoms with Crippen LogP contribution < -0.4 is 4.74 Å². The molecule has 0 unspecified atom stereocenters. The first kappa shape index (κ1) is 12.2. The summed E-state index contributed by atoms with van der Waals surface area (Å²) in [6.07, 6.45) is 4.70. The van der Waals surface area contributed by atoms with Crippen LogP contribution in [-0.2, 0) is 0 Å². The maximum absolute atomic E-state index is 5.10. The van der Waals surface area contributed by atoms with Crippen molar-refractivity contribution in [1.82, 2.24) is 0 Å². The Kier molecular flexibility index (Phi) is 6.02. The molecule has 0 saturated carbocycles. The van der Waals surface area contributed by atoms with E-state index in [0.717, 1.165) is 5.75 Å². The lowest BCUT2D eigenvalue weighted by atomic mass is 10.2. The Morgan fingerprint density at radius 1 is 1.27 bits per heavy atom. The zero-order valence-electron chi connectivity index (χ0n) is 9.40. The first-order valence-electron chi connectivity index (χ1n) is 5.29. The minimum absolute atomic E-state index is 0.908. The number of rotatable bonds is 6. The quantitative estimate of drug-likeness (QED) is 0.667. The minimum atomic E-state index is 0.908. The highest BCUT2D eigenvalue weighted by Gasteiger charge is 1.89. The minimum Gasteiger partial charge on any atom is -0.497 e. The van der Waals surface area contributed by atoms with Gasteiger partial charge in [0.05, 0.1) is 7.11 Å². The van der Waals surface area contributed by atoms with Crippen LogP contribution in [0.1, 0.15) is 25.3 Å². The fourth-order valence-electron chi connectivity index (χ4n) is 1.14. The van der Waals surface area contributed by atoms with Crippen LogP contribution in [-0.4, -0.2) is 12.9 Å². The molecule has 0 aliphatic carbocycles. The predicted molar refractivity (Wildman–Crippen MR) is 69.4 cm³/mol. The van der Waals surface area contributed by atoms with Crippen LogP contribution >= 0.6 is 11.8 Å². The van der Waals surface area contributed by atoms with E-state index in [1.54, 1.807) is 7.11 Å². The van der Waals surface area contributed by atoms with Crippen LogP contribution in [0.2, 0.25) is 0 Å². The molecular formula is C13H18OS. The van der Waals surface area contributed by atoms with Crippen LogP contribution in [0.15, 0.2) is 29.7 Å². The summed E-state index contributed by atoms with van der Waals surface area (Å²) in [5, 5.41) is 2.16. The van der Waals surface area contributed by atoms with Gasteiger partial charge in [-0.15, -0.1) is 11.8 Å². The summed E-state index contributed by atoms with van der Waals surface area (Å²) in [7, 11) is 1.69. The number of hydrogen-bond donors (Lipinski definition) is 0. The molecule has 1 rings (SSSR count). The van der Waals surface area contributed by atoms with E-state index < -0.39 is 0 Å². The van der Waals surface area contributed by atoms with Crippen molar-refractivity contribution in [2.75, 3.05) is 12.9 Å². The van der Waals surface area contributed by atoms with Crippen molar-refractivity contribution < 1.29 is 4.74 Å². The molecular weight excluding hydrogens is 204 g/mol. The summed E-state index contributed by atoms with van der Waals surface area (Å²) < 4.78 is 5.10. The summed E-state index contributed by atoms with van der Waals surface area (Å²) in [4.78, 5) is 0. The van der Waals surface area contributed by atoms with Crippen LogP contribution in [0.5, 0.6) is 5.75 Å². The van der Waals surface area contributed by atoms with E-state index in [1.807, 2.05) is 23.9 Å². The normalized spacial score (nSPS) is 10.8. The Morgan fingerprint density at radius 2 is 2.00 bits per heavy atom. The maximum Gasteiger partial charge on any atom is 0.118 e. The molecule has 0 aromatic heterocycles. The van der Waals surface area contributed by atoms with Crippen molar-refractivity contribution in [2.45, 2.75) is 19.8 Å². The first-order valence-corrected chi connectivity index (χ1v) is 6.34. The molecule has 1 nitrogen and oxygen atoms in total. The van der Waals surface area contributed by atoms with Crippen LogP contribution in [0.25, 0.3) is 6.08 Å². The van der Waals surface area contributed by atoms with E-state index in [1.165, 1.54) is 24.2 Å². The Labute approximate surface area is 96.5 Å². The van der Waals surface area contributed by atoms with Gasteiger partial charge in [-0.2, -0.15) is 0 Å². The van der Waals surface area contributed by atoms with E-state index >= 15 is 0 Å². The zero-order valence-corrected chi connectivity index (χ0v) is 10.2. The molecule has 0 aliphatic heterocycles. The highest BCUT2D eigenvalue weighted by Crippen LogP contribution is 2.14. The topological polar surface area (TPSA) is 9.23 Å². The lowest BCUT2D eigenvalue weighted by Crippen LogP contribution is -1.81. The second-order valence-electron chi connectivity index (χ2n) is 3.30. The molecule has 0 fully saturated rings. The number of thioether (sulfide) groups is 1. The van der Waals surface area contributed by atoms with Gasteiger partial charge < -0.3 is 4.74 Å². The summed E-state index contributed by atoms with van der Waals surface area (Å²) >= 11 is 1.87. The van der Waals surface area contributed by atoms with Gasteiger partial charge in [0, 0.05) is 0 Å². The smallest absolute Gasteiger partial charge is 0.118 e. The first-order chi connectivity index (χ1) is 7.36. The number of unbranched alkanes of at least 4 members (excludes halogenated alkanes) is 1. The molecule has 0 amide bonds. The summed E-state index contributed by atoms with van der Waals surface area (Å²) in [5.41, 5.74) is 1.22. The fourth-order valence-corrected chi connectivity index (χ4v) is 1.98. The van der Waals surface area contributed by atoms with Crippen molar-refractivity contribution in [3.05, 3.63) is 35.2 Å². The predicted octanol–water partition coefficient (Wildman–Crippen LogP) is 4.20. The van der Waals surface area contributed by atoms with Gasteiger partial charge >= 0.3 is 0 Å². The van der Waals surface area contributed by atoms with Crippen LogP contribution in [0, 0.1) is 0 Å². The molecule has 0 atom stereocenters. The molecule has 15 heavy (non-hydrogen) atoms. The summed E-state index contributed by atoms with van der Waals surface area (Å²) in [6, 6.07) is 8.10. The average Bonchev–Trinajstić information content (AvgIpc) is 2.30. The number of methoxy groups -OCH3 is 1. The largest absolute Gasteiger partial charge is 0.497 e. The van der Waals surface area contributed by atoms with Gasteiger partial charge in [-0.25, -0.2) is 0 Å². The molecule has 0 spiro atoms. The Hall–Kier alpha value is -0.890. The lowest BCUT2D eigenvalue weighted by Gasteiger charge is -1.98. The second-order valence-corrected chi connectivity index (χ2v) is 4.31. The number of ether oxygens (including phenoxy) is 1. The molecule has 0 bridgehead atoms. The SMILES string of the molecule is CCCCSC=Cc1ccc(OC)cc1. The Balaban J connectivity index is 2.36. The number of benzene rings is 1. The molecule has 0 radical (unpaired) electrons. The summed E-state index contributed by atoms with van der Waals surface area (Å²) in [6.45, 7) is 2.22. The molecule has 0 saturated heterocycles. The average molecular weight is 222 g/mol. The molecule has 0 heterocycles. The third kappa shape index (κ3) is 4.93. The van der Waals surface area contributed by atoms with Gasteiger partial charge in [-0.3, -0.25) is 0 Å². The fraction of sp³-hybridized carbons (Fsp3) is 0.385. The van der Waals surface area contributed by atoms with Gasteiger partial charge in [0.1, 0.15) is 5.75 Å². The molecule has 82 valence electrons. The van der Waals surface area contributed by atoms with Crippen molar-refractivity contribution in [1.29, 1.82) is 0 Å². The van der Waals surface area contributed by atoms with Crippen molar-refractivity contribution in [3.8, 4) is 5.75 Å². The maximum atomic E-state index is 5.10. The highest BCUT2D eigenvalue weighted by molar-refractivity contribution is 8.02. The van der Waals surface area contributed by atoms with Gasteiger partial charge in [0.2, 0.25) is 0 Å². The third-order valence-electron chi connectivity index (χ3n) is 2.09. The highest BCUT2D eigenvalue weighted by atomic mass is 32.2. The Morgan fingerprint density at radius 3 is 2.60 bits per heavy atom. The zero-order chi connectivity index (χ0) is 10.9. The van der Waals surface area contributed by atoms with Gasteiger partial charge in [0.15, 0.2) is 0 Å². The van der Waals surface area contributed by atoms with Crippen molar-refractivity contribution >= 4 is 17.8 Å². The molecule has 0 N–H and O–H groups in total. The van der Waals surface area contributed by atoms with E-state index in [9.17, 15) is 0 Å². The third-order valence-corrected chi connectivity index (χ3v) is 2.94. The molecule has 1 aromatic rings. The lowest BCUT2D eigenvalue weighted by molar-refractivity contribution is 0.415. The van der Waals surface area contributed by atoms with Crippen molar-refractivity contribution in [3.63, 3.8) is 0 Å². The second kappa shape index (κ2) is 7.41. The van der Waals surface area contributed by atoms with E-state index in [2.05, 4.69) is 30.5 Å². The van der Waals surface area contributed by atoms with E-state index in [0.29, 0.717) is 0 Å². The number of hydrogen-bond acceptors (Lipinski definition) is 2. The van der Waals surface area contributed by atoms with Crippen LogP contribution in [0.3, 0.4) is 0 Å². The monoisotopic (exact) mass is 222 g/mol. The molecule has 2 heteroatoms. The van der Waals surface area contributed by atoms with E-state index in [-0.39, 0.29) is 0 Å². The summed E-state index contributed by atoms with van der Waals surface area (Å²) in [5.74, 6) is 2.12.